The molecule has 1 saturated carbocycles. The molecule has 118 valence electrons. The van der Waals surface area contributed by atoms with Crippen LogP contribution in [0.15, 0.2) is 30.3 Å². The summed E-state index contributed by atoms with van der Waals surface area (Å²) in [5.41, 5.74) is 0.974. The normalized spacial score (nSPS) is 26.0. The lowest BCUT2D eigenvalue weighted by atomic mass is 10.1. The Bertz CT molecular complexity index is 545. The van der Waals surface area contributed by atoms with Gasteiger partial charge in [-0.2, -0.15) is 0 Å². The Morgan fingerprint density at radius 2 is 1.95 bits per heavy atom. The number of piperidine rings is 1. The molecule has 1 aliphatic heterocycles. The largest absolute Gasteiger partial charge is 0.466 e. The van der Waals surface area contributed by atoms with Crippen molar-refractivity contribution in [3.8, 4) is 0 Å². The van der Waals surface area contributed by atoms with E-state index in [0.29, 0.717) is 25.6 Å². The van der Waals surface area contributed by atoms with E-state index in [0.717, 1.165) is 12.0 Å². The van der Waals surface area contributed by atoms with Gasteiger partial charge in [-0.05, 0) is 30.7 Å². The quantitative estimate of drug-likeness (QED) is 0.802. The molecule has 0 radical (unpaired) electrons. The van der Waals surface area contributed by atoms with Crippen molar-refractivity contribution in [2.45, 2.75) is 20.0 Å². The van der Waals surface area contributed by atoms with Crippen LogP contribution in [0.4, 0.5) is 4.79 Å². The third kappa shape index (κ3) is 3.08. The molecular formula is C17H21NO4. The van der Waals surface area contributed by atoms with E-state index in [1.807, 2.05) is 37.3 Å². The molecule has 0 N–H and O–H groups in total. The molecular weight excluding hydrogens is 282 g/mol. The Hall–Kier alpha value is -2.04. The van der Waals surface area contributed by atoms with Gasteiger partial charge in [0.15, 0.2) is 0 Å². The molecule has 0 spiro atoms. The van der Waals surface area contributed by atoms with Crippen molar-refractivity contribution in [1.29, 1.82) is 0 Å². The Morgan fingerprint density at radius 1 is 1.18 bits per heavy atom. The molecule has 3 rings (SSSR count). The van der Waals surface area contributed by atoms with Gasteiger partial charge in [0.05, 0.1) is 12.5 Å². The van der Waals surface area contributed by atoms with Crippen molar-refractivity contribution in [1.82, 2.24) is 4.90 Å². The molecule has 1 saturated heterocycles. The summed E-state index contributed by atoms with van der Waals surface area (Å²) in [5.74, 6) is 0.498. The lowest BCUT2D eigenvalue weighted by Gasteiger charge is -2.25. The van der Waals surface area contributed by atoms with Gasteiger partial charge in [0.25, 0.3) is 0 Å². The van der Waals surface area contributed by atoms with Crippen molar-refractivity contribution < 1.29 is 19.1 Å². The van der Waals surface area contributed by atoms with Crippen molar-refractivity contribution >= 4 is 12.1 Å². The first kappa shape index (κ1) is 14.9. The first-order valence-electron chi connectivity index (χ1n) is 7.83. The lowest BCUT2D eigenvalue weighted by molar-refractivity contribution is -0.145. The average molecular weight is 303 g/mol. The summed E-state index contributed by atoms with van der Waals surface area (Å²) in [6.07, 6.45) is 0.561. The van der Waals surface area contributed by atoms with Gasteiger partial charge in [-0.1, -0.05) is 30.3 Å². The van der Waals surface area contributed by atoms with E-state index in [1.165, 1.54) is 0 Å². The second-order valence-corrected chi connectivity index (χ2v) is 5.88. The van der Waals surface area contributed by atoms with E-state index in [-0.39, 0.29) is 30.5 Å². The molecule has 1 aliphatic carbocycles. The Morgan fingerprint density at radius 3 is 2.68 bits per heavy atom. The van der Waals surface area contributed by atoms with Crippen LogP contribution >= 0.6 is 0 Å². The standard InChI is InChI=1S/C17H21NO4/c1-2-21-16(19)15-13-8-9-18(10-14(13)15)17(20)22-11-12-6-4-3-5-7-12/h3-7,13-15H,2,8-11H2,1H3. The van der Waals surface area contributed by atoms with Crippen LogP contribution < -0.4 is 0 Å². The van der Waals surface area contributed by atoms with Crippen LogP contribution in [0.3, 0.4) is 0 Å². The van der Waals surface area contributed by atoms with Gasteiger partial charge in [0, 0.05) is 13.1 Å². The van der Waals surface area contributed by atoms with Gasteiger partial charge in [-0.25, -0.2) is 4.79 Å². The van der Waals surface area contributed by atoms with E-state index >= 15 is 0 Å². The Labute approximate surface area is 130 Å². The van der Waals surface area contributed by atoms with Crippen LogP contribution in [-0.4, -0.2) is 36.7 Å². The molecule has 22 heavy (non-hydrogen) atoms. The van der Waals surface area contributed by atoms with Crippen LogP contribution in [0, 0.1) is 17.8 Å². The maximum Gasteiger partial charge on any atom is 0.410 e. The van der Waals surface area contributed by atoms with Crippen LogP contribution in [-0.2, 0) is 20.9 Å². The fraction of sp³-hybridized carbons (Fsp3) is 0.529. The third-order valence-corrected chi connectivity index (χ3v) is 4.52. The van der Waals surface area contributed by atoms with Crippen LogP contribution in [0.1, 0.15) is 18.9 Å². The van der Waals surface area contributed by atoms with Gasteiger partial charge in [-0.15, -0.1) is 0 Å². The third-order valence-electron chi connectivity index (χ3n) is 4.52. The van der Waals surface area contributed by atoms with Crippen LogP contribution in [0.2, 0.25) is 0 Å². The van der Waals surface area contributed by atoms with E-state index < -0.39 is 0 Å². The number of likely N-dealkylation sites (tertiary alicyclic amines) is 1. The number of ether oxygens (including phenoxy) is 2. The van der Waals surface area contributed by atoms with Gasteiger partial charge in [0.2, 0.25) is 0 Å². The number of amides is 1. The van der Waals surface area contributed by atoms with Crippen LogP contribution in [0.25, 0.3) is 0 Å². The summed E-state index contributed by atoms with van der Waals surface area (Å²) in [6.45, 7) is 3.77. The molecule has 1 amide bonds. The van der Waals surface area contributed by atoms with E-state index in [2.05, 4.69) is 0 Å². The number of carbonyl (C=O) groups excluding carboxylic acids is 2. The molecule has 2 aliphatic rings. The number of hydrogen-bond acceptors (Lipinski definition) is 4. The van der Waals surface area contributed by atoms with E-state index in [4.69, 9.17) is 9.47 Å². The summed E-state index contributed by atoms with van der Waals surface area (Å²) in [4.78, 5) is 25.6. The average Bonchev–Trinajstić information content (AvgIpc) is 3.27. The first-order valence-corrected chi connectivity index (χ1v) is 7.83. The minimum atomic E-state index is -0.295. The maximum absolute atomic E-state index is 12.1. The zero-order valence-electron chi connectivity index (χ0n) is 12.7. The smallest absolute Gasteiger partial charge is 0.410 e. The monoisotopic (exact) mass is 303 g/mol. The fourth-order valence-corrected chi connectivity index (χ4v) is 3.30. The minimum absolute atomic E-state index is 0.0214. The van der Waals surface area contributed by atoms with Gasteiger partial charge in [0.1, 0.15) is 6.61 Å². The summed E-state index contributed by atoms with van der Waals surface area (Å²) < 4.78 is 10.4. The molecule has 0 bridgehead atoms. The fourth-order valence-electron chi connectivity index (χ4n) is 3.30. The Kier molecular flexibility index (Phi) is 4.32. The highest BCUT2D eigenvalue weighted by molar-refractivity contribution is 5.77. The highest BCUT2D eigenvalue weighted by atomic mass is 16.6. The molecule has 3 unspecified atom stereocenters. The van der Waals surface area contributed by atoms with Crippen molar-refractivity contribution in [2.24, 2.45) is 17.8 Å². The summed E-state index contributed by atoms with van der Waals surface area (Å²) in [6, 6.07) is 9.62. The summed E-state index contributed by atoms with van der Waals surface area (Å²) in [7, 11) is 0. The number of carbonyl (C=O) groups is 2. The van der Waals surface area contributed by atoms with Crippen molar-refractivity contribution in [3.63, 3.8) is 0 Å². The number of esters is 1. The summed E-state index contributed by atoms with van der Waals surface area (Å²) >= 11 is 0. The second kappa shape index (κ2) is 6.38. The zero-order valence-corrected chi connectivity index (χ0v) is 12.7. The molecule has 1 aromatic rings. The molecule has 1 aromatic carbocycles. The number of nitrogens with zero attached hydrogens (tertiary/aromatic N) is 1. The highest BCUT2D eigenvalue weighted by Gasteiger charge is 2.58. The predicted molar refractivity (Wildman–Crippen MR) is 79.9 cm³/mol. The number of rotatable bonds is 4. The topological polar surface area (TPSA) is 55.8 Å². The Balaban J connectivity index is 1.48. The zero-order chi connectivity index (χ0) is 15.5. The first-order chi connectivity index (χ1) is 10.7. The van der Waals surface area contributed by atoms with E-state index in [1.54, 1.807) is 4.90 Å². The lowest BCUT2D eigenvalue weighted by Crippen LogP contribution is -2.37. The van der Waals surface area contributed by atoms with Crippen molar-refractivity contribution in [2.75, 3.05) is 19.7 Å². The number of hydrogen-bond donors (Lipinski definition) is 0. The molecule has 5 heteroatoms. The second-order valence-electron chi connectivity index (χ2n) is 5.88. The minimum Gasteiger partial charge on any atom is -0.466 e. The molecule has 0 aromatic heterocycles. The van der Waals surface area contributed by atoms with Gasteiger partial charge < -0.3 is 14.4 Å². The molecule has 3 atom stereocenters. The van der Waals surface area contributed by atoms with Crippen LogP contribution in [0.5, 0.6) is 0 Å². The predicted octanol–water partition coefficient (Wildman–Crippen LogP) is 2.45. The summed E-state index contributed by atoms with van der Waals surface area (Å²) in [5, 5.41) is 0. The number of fused-ring (bicyclic) bond motifs is 1. The SMILES string of the molecule is CCOC(=O)C1C2CCN(C(=O)OCc3ccccc3)CC21. The molecule has 2 fully saturated rings. The maximum atomic E-state index is 12.1. The number of benzene rings is 1. The van der Waals surface area contributed by atoms with Gasteiger partial charge in [-0.3, -0.25) is 4.79 Å². The van der Waals surface area contributed by atoms with Gasteiger partial charge >= 0.3 is 12.1 Å². The van der Waals surface area contributed by atoms with Crippen molar-refractivity contribution in [3.05, 3.63) is 35.9 Å². The highest BCUT2D eigenvalue weighted by Crippen LogP contribution is 2.52. The molecule has 5 nitrogen and oxygen atoms in total. The molecule has 1 heterocycles. The van der Waals surface area contributed by atoms with E-state index in [9.17, 15) is 9.59 Å².